The van der Waals surface area contributed by atoms with Gasteiger partial charge in [0, 0.05) is 0 Å². The van der Waals surface area contributed by atoms with E-state index in [9.17, 15) is 19.2 Å². The summed E-state index contributed by atoms with van der Waals surface area (Å²) >= 11 is 0. The maximum Gasteiger partial charge on any atom is 0.351 e. The summed E-state index contributed by atoms with van der Waals surface area (Å²) in [5.74, 6) is -4.85. The van der Waals surface area contributed by atoms with Crippen molar-refractivity contribution in [1.29, 1.82) is 0 Å². The summed E-state index contributed by atoms with van der Waals surface area (Å²) in [7, 11) is -2.84. The number of rotatable bonds is 9. The standard InChI is InChI=1S/C28H32O10Si/c1-26(2)36-21(16-29)27(37-26)25(32)35-22(23(30)33-17-19-12-8-6-9-13-19)28(27,38-39(3,4)5)24(31)34-18-20-14-10-7-11-15-20/h6-16,21-22H,17-18H2,1-5H3/t21-,22-,27+,28-/m1/s1. The van der Waals surface area contributed by atoms with Gasteiger partial charge in [0.2, 0.25) is 17.3 Å². The fourth-order valence-electron chi connectivity index (χ4n) is 4.81. The van der Waals surface area contributed by atoms with Crippen LogP contribution in [0.3, 0.4) is 0 Å². The molecule has 2 heterocycles. The Morgan fingerprint density at radius 3 is 1.97 bits per heavy atom. The lowest BCUT2D eigenvalue weighted by atomic mass is 9.77. The first-order valence-electron chi connectivity index (χ1n) is 12.5. The van der Waals surface area contributed by atoms with Crippen molar-refractivity contribution in [2.45, 2.75) is 75.9 Å². The van der Waals surface area contributed by atoms with E-state index in [2.05, 4.69) is 0 Å². The molecule has 0 saturated carbocycles. The number of benzene rings is 2. The fourth-order valence-corrected chi connectivity index (χ4v) is 6.12. The number of cyclic esters (lactones) is 1. The zero-order valence-corrected chi connectivity index (χ0v) is 23.5. The largest absolute Gasteiger partial charge is 0.458 e. The average molecular weight is 557 g/mol. The molecule has 0 aromatic heterocycles. The van der Waals surface area contributed by atoms with Crippen LogP contribution in [0.2, 0.25) is 19.6 Å². The number of carbonyl (C=O) groups is 4. The molecular formula is C28H32O10Si. The molecule has 2 fully saturated rings. The van der Waals surface area contributed by atoms with Gasteiger partial charge in [-0.2, -0.15) is 0 Å². The van der Waals surface area contributed by atoms with Crippen LogP contribution in [0.5, 0.6) is 0 Å². The van der Waals surface area contributed by atoms with Crippen molar-refractivity contribution < 1.29 is 47.3 Å². The van der Waals surface area contributed by atoms with E-state index < -0.39 is 55.4 Å². The van der Waals surface area contributed by atoms with Gasteiger partial charge in [0.1, 0.15) is 13.2 Å². The molecule has 10 nitrogen and oxygen atoms in total. The molecule has 208 valence electrons. The maximum absolute atomic E-state index is 14.2. The van der Waals surface area contributed by atoms with Gasteiger partial charge in [-0.15, -0.1) is 0 Å². The topological polar surface area (TPSA) is 124 Å². The summed E-state index contributed by atoms with van der Waals surface area (Å²) in [6.07, 6.45) is -3.25. The summed E-state index contributed by atoms with van der Waals surface area (Å²) in [6, 6.07) is 17.7. The van der Waals surface area contributed by atoms with E-state index in [0.29, 0.717) is 17.4 Å². The number of esters is 3. The average Bonchev–Trinajstić information content (AvgIpc) is 3.32. The Balaban J connectivity index is 1.82. The van der Waals surface area contributed by atoms with Gasteiger partial charge in [-0.05, 0) is 44.6 Å². The molecule has 4 rings (SSSR count). The van der Waals surface area contributed by atoms with Gasteiger partial charge in [0.05, 0.1) is 0 Å². The van der Waals surface area contributed by atoms with Gasteiger partial charge < -0.3 is 32.9 Å². The van der Waals surface area contributed by atoms with Crippen molar-refractivity contribution in [3.8, 4) is 0 Å². The zero-order chi connectivity index (χ0) is 28.5. The lowest BCUT2D eigenvalue weighted by molar-refractivity contribution is -0.216. The second kappa shape index (κ2) is 10.6. The molecule has 39 heavy (non-hydrogen) atoms. The minimum absolute atomic E-state index is 0.164. The molecule has 2 aliphatic heterocycles. The molecule has 0 radical (unpaired) electrons. The molecule has 2 aromatic rings. The highest BCUT2D eigenvalue weighted by atomic mass is 28.4. The monoisotopic (exact) mass is 556 g/mol. The van der Waals surface area contributed by atoms with Gasteiger partial charge >= 0.3 is 17.9 Å². The maximum atomic E-state index is 14.2. The molecule has 0 unspecified atom stereocenters. The lowest BCUT2D eigenvalue weighted by Crippen LogP contribution is -2.72. The van der Waals surface area contributed by atoms with Crippen LogP contribution in [-0.4, -0.2) is 61.7 Å². The highest BCUT2D eigenvalue weighted by Crippen LogP contribution is 2.53. The molecule has 0 aliphatic carbocycles. The van der Waals surface area contributed by atoms with E-state index in [0.717, 1.165) is 0 Å². The van der Waals surface area contributed by atoms with Gasteiger partial charge in [0.25, 0.3) is 0 Å². The van der Waals surface area contributed by atoms with Crippen LogP contribution >= 0.6 is 0 Å². The third-order valence-corrected chi connectivity index (χ3v) is 7.15. The Morgan fingerprint density at radius 2 is 1.46 bits per heavy atom. The van der Waals surface area contributed by atoms with Gasteiger partial charge in [-0.25, -0.2) is 14.4 Å². The molecule has 4 atom stereocenters. The van der Waals surface area contributed by atoms with E-state index in [1.807, 2.05) is 6.07 Å². The molecule has 0 N–H and O–H groups in total. The Kier molecular flexibility index (Phi) is 7.81. The highest BCUT2D eigenvalue weighted by Gasteiger charge is 2.84. The lowest BCUT2D eigenvalue weighted by Gasteiger charge is -2.42. The quantitative estimate of drug-likeness (QED) is 0.197. The summed E-state index contributed by atoms with van der Waals surface area (Å²) in [4.78, 5) is 53.7. The van der Waals surface area contributed by atoms with Crippen molar-refractivity contribution in [2.24, 2.45) is 0 Å². The van der Waals surface area contributed by atoms with Crippen molar-refractivity contribution in [2.75, 3.05) is 0 Å². The summed E-state index contributed by atoms with van der Waals surface area (Å²) in [6.45, 7) is 7.82. The smallest absolute Gasteiger partial charge is 0.351 e. The van der Waals surface area contributed by atoms with E-state index in [4.69, 9.17) is 28.1 Å². The van der Waals surface area contributed by atoms with E-state index >= 15 is 0 Å². The van der Waals surface area contributed by atoms with Crippen molar-refractivity contribution in [3.63, 3.8) is 0 Å². The molecule has 2 aromatic carbocycles. The Hall–Kier alpha value is -3.38. The van der Waals surface area contributed by atoms with Crippen molar-refractivity contribution in [1.82, 2.24) is 0 Å². The second-order valence-corrected chi connectivity index (χ2v) is 15.2. The van der Waals surface area contributed by atoms with Crippen LogP contribution in [0, 0.1) is 0 Å². The number of aldehydes is 1. The number of hydrogen-bond donors (Lipinski definition) is 0. The molecule has 0 amide bonds. The molecule has 1 spiro atoms. The normalized spacial score (nSPS) is 27.7. The fraction of sp³-hybridized carbons (Fsp3) is 0.429. The van der Waals surface area contributed by atoms with Crippen LogP contribution in [0.4, 0.5) is 0 Å². The van der Waals surface area contributed by atoms with Gasteiger partial charge in [-0.1, -0.05) is 60.7 Å². The SMILES string of the molecule is CC1(C)O[C@H](C=O)[C@]2(O1)C(=O)O[C@H](C(=O)OCc1ccccc1)[C@@]2(O[Si](C)(C)C)C(=O)OCc1ccccc1. The third kappa shape index (κ3) is 5.40. The predicted molar refractivity (Wildman–Crippen MR) is 138 cm³/mol. The van der Waals surface area contributed by atoms with Gasteiger partial charge in [0.15, 0.2) is 26.5 Å². The Bertz CT molecular complexity index is 1230. The van der Waals surface area contributed by atoms with Crippen LogP contribution in [-0.2, 0) is 60.5 Å². The third-order valence-electron chi connectivity index (χ3n) is 6.21. The Labute approximate surface area is 227 Å². The Morgan fingerprint density at radius 1 is 0.923 bits per heavy atom. The van der Waals surface area contributed by atoms with Crippen LogP contribution in [0.25, 0.3) is 0 Å². The highest BCUT2D eigenvalue weighted by molar-refractivity contribution is 6.70. The van der Waals surface area contributed by atoms with E-state index in [1.54, 1.807) is 74.2 Å². The predicted octanol–water partition coefficient (Wildman–Crippen LogP) is 3.08. The van der Waals surface area contributed by atoms with Crippen LogP contribution < -0.4 is 0 Å². The molecule has 2 saturated heterocycles. The van der Waals surface area contributed by atoms with E-state index in [1.165, 1.54) is 13.8 Å². The molecule has 0 bridgehead atoms. The molecule has 11 heteroatoms. The first-order chi connectivity index (χ1) is 18.3. The summed E-state index contributed by atoms with van der Waals surface area (Å²) in [5, 5.41) is 0. The summed E-state index contributed by atoms with van der Waals surface area (Å²) in [5.41, 5.74) is -3.70. The number of ether oxygens (including phenoxy) is 5. The van der Waals surface area contributed by atoms with Crippen molar-refractivity contribution in [3.05, 3.63) is 71.8 Å². The first kappa shape index (κ1) is 28.6. The second-order valence-electron chi connectivity index (χ2n) is 10.8. The van der Waals surface area contributed by atoms with Crippen LogP contribution in [0.15, 0.2) is 60.7 Å². The van der Waals surface area contributed by atoms with Gasteiger partial charge in [-0.3, -0.25) is 0 Å². The minimum Gasteiger partial charge on any atom is -0.458 e. The van der Waals surface area contributed by atoms with E-state index in [-0.39, 0.29) is 13.2 Å². The molecular weight excluding hydrogens is 524 g/mol. The van der Waals surface area contributed by atoms with Crippen molar-refractivity contribution >= 4 is 32.5 Å². The van der Waals surface area contributed by atoms with Crippen LogP contribution in [0.1, 0.15) is 25.0 Å². The zero-order valence-electron chi connectivity index (χ0n) is 22.5. The molecule has 2 aliphatic rings. The number of carbonyl (C=O) groups excluding carboxylic acids is 4. The number of hydrogen-bond acceptors (Lipinski definition) is 10. The first-order valence-corrected chi connectivity index (χ1v) is 15.9. The minimum atomic E-state index is -2.84. The summed E-state index contributed by atoms with van der Waals surface area (Å²) < 4.78 is 34.9.